The first-order valence-corrected chi connectivity index (χ1v) is 12.3. The molecular formula is C36H22N2S. The zero-order chi connectivity index (χ0) is 44.6. The van der Waals surface area contributed by atoms with Crippen molar-refractivity contribution in [3.63, 3.8) is 0 Å². The number of para-hydroxylation sites is 4. The summed E-state index contributed by atoms with van der Waals surface area (Å²) in [5.41, 5.74) is -2.94. The SMILES string of the molecule is [2H]c1c(-n2c3c([2H])c([2H])c([2H])c([2H])c3c3c([2H])c([2H])c([2H])c([2H])c32)c([2H])c2c(sc3c([2H])c([2H])c(-n4c5c([2H])c([2H])c([2H])c([2H])c5c5c([2H])c([2H])c([2H])c([2H])c54)c([2H])c32)c1[2H]. The fourth-order valence-corrected chi connectivity index (χ4v) is 5.81. The Bertz CT molecular complexity index is 3230. The minimum Gasteiger partial charge on any atom is -0.309 e. The van der Waals surface area contributed by atoms with Crippen LogP contribution in [0.1, 0.15) is 30.2 Å². The van der Waals surface area contributed by atoms with Gasteiger partial charge >= 0.3 is 0 Å². The van der Waals surface area contributed by atoms with E-state index in [0.717, 1.165) is 9.13 Å². The van der Waals surface area contributed by atoms with Gasteiger partial charge in [-0.25, -0.2) is 0 Å². The second kappa shape index (κ2) is 7.83. The zero-order valence-electron chi connectivity index (χ0n) is 41.3. The lowest BCUT2D eigenvalue weighted by atomic mass is 10.1. The summed E-state index contributed by atoms with van der Waals surface area (Å²) in [5.74, 6) is 0. The number of fused-ring (bicyclic) bond motifs is 9. The van der Waals surface area contributed by atoms with Gasteiger partial charge in [-0.3, -0.25) is 0 Å². The van der Waals surface area contributed by atoms with Crippen molar-refractivity contribution >= 4 is 75.1 Å². The van der Waals surface area contributed by atoms with Crippen LogP contribution < -0.4 is 0 Å². The third kappa shape index (κ3) is 2.91. The molecule has 0 aliphatic carbocycles. The van der Waals surface area contributed by atoms with Crippen molar-refractivity contribution in [1.82, 2.24) is 9.13 Å². The second-order valence-corrected chi connectivity index (χ2v) is 9.54. The van der Waals surface area contributed by atoms with E-state index < -0.39 is 166 Å². The Morgan fingerprint density at radius 1 is 0.385 bits per heavy atom. The number of benzene rings is 6. The van der Waals surface area contributed by atoms with E-state index >= 15 is 0 Å². The maximum absolute atomic E-state index is 9.70. The van der Waals surface area contributed by atoms with E-state index in [1.165, 1.54) is 0 Å². The Morgan fingerprint density at radius 3 is 1.08 bits per heavy atom. The zero-order valence-corrected chi connectivity index (χ0v) is 20.1. The first-order valence-electron chi connectivity index (χ1n) is 22.5. The Hall–Kier alpha value is -4.86. The van der Waals surface area contributed by atoms with Gasteiger partial charge in [0.1, 0.15) is 0 Å². The molecule has 0 bridgehead atoms. The van der Waals surface area contributed by atoms with Crippen LogP contribution in [0, 0.1) is 0 Å². The first-order chi connectivity index (χ1) is 28.5. The minimum absolute atomic E-state index is 0.150. The summed E-state index contributed by atoms with van der Waals surface area (Å²) in [6.45, 7) is 0. The highest BCUT2D eigenvalue weighted by Gasteiger charge is 2.15. The maximum Gasteiger partial charge on any atom is 0.0652 e. The van der Waals surface area contributed by atoms with Gasteiger partial charge in [-0.2, -0.15) is 0 Å². The molecule has 9 rings (SSSR count). The largest absolute Gasteiger partial charge is 0.309 e. The average Bonchev–Trinajstić information content (AvgIpc) is 3.92. The molecule has 0 saturated heterocycles. The lowest BCUT2D eigenvalue weighted by Crippen LogP contribution is -1.94. The second-order valence-electron chi connectivity index (χ2n) is 8.52. The molecular weight excluding hydrogens is 492 g/mol. The van der Waals surface area contributed by atoms with Crippen LogP contribution in [-0.2, 0) is 0 Å². The van der Waals surface area contributed by atoms with Gasteiger partial charge in [0.15, 0.2) is 0 Å². The number of hydrogen-bond donors (Lipinski definition) is 0. The molecule has 0 aliphatic rings. The molecule has 182 valence electrons. The first kappa shape index (κ1) is 9.11. The molecule has 6 aromatic carbocycles. The van der Waals surface area contributed by atoms with Gasteiger partial charge in [0, 0.05) is 53.1 Å². The van der Waals surface area contributed by atoms with Crippen molar-refractivity contribution in [2.75, 3.05) is 0 Å². The fourth-order valence-electron chi connectivity index (χ4n) is 4.89. The highest BCUT2D eigenvalue weighted by atomic mass is 32.1. The predicted molar refractivity (Wildman–Crippen MR) is 168 cm³/mol. The summed E-state index contributed by atoms with van der Waals surface area (Å²) < 4.78 is 196. The van der Waals surface area contributed by atoms with Gasteiger partial charge in [0.25, 0.3) is 0 Å². The van der Waals surface area contributed by atoms with Crippen molar-refractivity contribution in [3.05, 3.63) is 133 Å². The van der Waals surface area contributed by atoms with E-state index in [1.54, 1.807) is 0 Å². The number of rotatable bonds is 2. The molecule has 0 atom stereocenters. The smallest absolute Gasteiger partial charge is 0.0652 e. The van der Waals surface area contributed by atoms with E-state index in [-0.39, 0.29) is 41.7 Å². The Morgan fingerprint density at radius 2 is 0.718 bits per heavy atom. The number of nitrogens with zero attached hydrogens (tertiary/aromatic N) is 2. The number of hydrogen-bond acceptors (Lipinski definition) is 1. The van der Waals surface area contributed by atoms with E-state index in [9.17, 15) is 8.22 Å². The minimum atomic E-state index is -0.773. The molecule has 9 aromatic rings. The molecule has 3 heteroatoms. The van der Waals surface area contributed by atoms with E-state index in [0.29, 0.717) is 11.3 Å². The van der Waals surface area contributed by atoms with Gasteiger partial charge in [-0.15, -0.1) is 11.3 Å². The summed E-state index contributed by atoms with van der Waals surface area (Å²) in [5, 5.41) is -2.02. The van der Waals surface area contributed by atoms with Gasteiger partial charge in [-0.05, 0) is 60.4 Å². The van der Waals surface area contributed by atoms with E-state index in [4.69, 9.17) is 21.9 Å². The van der Waals surface area contributed by atoms with Crippen molar-refractivity contribution in [2.45, 2.75) is 0 Å². The van der Waals surface area contributed by atoms with Gasteiger partial charge in [0.2, 0.25) is 0 Å². The van der Waals surface area contributed by atoms with E-state index in [1.807, 2.05) is 0 Å². The summed E-state index contributed by atoms with van der Waals surface area (Å²) in [4.78, 5) is 0. The molecule has 3 heterocycles. The van der Waals surface area contributed by atoms with Gasteiger partial charge in [0.05, 0.1) is 52.2 Å². The molecule has 0 fully saturated rings. The standard InChI is InChI=1S/C36H22N2S/c1-5-13-31-25(9-1)26-10-2-6-14-32(26)37(31)23-17-19-35-29(21-23)30-22-24(18-20-36(30)39-35)38-33-15-7-3-11-27(33)28-12-4-8-16-34(28)38/h1-22H/i1D,2D,3D,4D,5D,6D,7D,8D,9D,10D,11D,12D,13D,14D,15D,16D,17D,18D,19D,20D,21D,22D. The Balaban J connectivity index is 1.54. The quantitative estimate of drug-likeness (QED) is 0.208. The van der Waals surface area contributed by atoms with Crippen LogP contribution in [0.15, 0.2) is 133 Å². The predicted octanol–water partition coefficient (Wildman–Crippen LogP) is 10.2. The van der Waals surface area contributed by atoms with Crippen molar-refractivity contribution < 1.29 is 30.2 Å². The van der Waals surface area contributed by atoms with Crippen LogP contribution >= 0.6 is 11.3 Å². The number of thiophene rings is 1. The van der Waals surface area contributed by atoms with Gasteiger partial charge in [-0.1, -0.05) is 72.5 Å². The lowest BCUT2D eigenvalue weighted by Gasteiger charge is -2.09. The summed E-state index contributed by atoms with van der Waals surface area (Å²) in [6.07, 6.45) is 0. The highest BCUT2D eigenvalue weighted by molar-refractivity contribution is 7.25. The van der Waals surface area contributed by atoms with Crippen molar-refractivity contribution in [3.8, 4) is 11.4 Å². The third-order valence-corrected chi connectivity index (χ3v) is 7.52. The third-order valence-electron chi connectivity index (χ3n) is 6.50. The monoisotopic (exact) mass is 536 g/mol. The normalized spacial score (nSPS) is 20.0. The van der Waals surface area contributed by atoms with Crippen LogP contribution in [0.2, 0.25) is 0 Å². The molecule has 0 saturated carbocycles. The van der Waals surface area contributed by atoms with E-state index in [2.05, 4.69) is 0 Å². The molecule has 39 heavy (non-hydrogen) atoms. The fraction of sp³-hybridized carbons (Fsp3) is 0. The van der Waals surface area contributed by atoms with Crippen molar-refractivity contribution in [2.24, 2.45) is 0 Å². The molecule has 0 amide bonds. The van der Waals surface area contributed by atoms with Gasteiger partial charge < -0.3 is 9.13 Å². The van der Waals surface area contributed by atoms with Crippen LogP contribution in [0.25, 0.3) is 75.2 Å². The molecule has 0 spiro atoms. The Labute approximate surface area is 259 Å². The summed E-state index contributed by atoms with van der Waals surface area (Å²) in [7, 11) is 0. The van der Waals surface area contributed by atoms with Crippen molar-refractivity contribution in [1.29, 1.82) is 0 Å². The van der Waals surface area contributed by atoms with Crippen LogP contribution in [-0.4, -0.2) is 9.13 Å². The van der Waals surface area contributed by atoms with Crippen LogP contribution in [0.3, 0.4) is 0 Å². The summed E-state index contributed by atoms with van der Waals surface area (Å²) in [6, 6.07) is -15.8. The average molecular weight is 537 g/mol. The topological polar surface area (TPSA) is 9.86 Å². The van der Waals surface area contributed by atoms with Crippen LogP contribution in [0.4, 0.5) is 0 Å². The maximum atomic E-state index is 9.70. The highest BCUT2D eigenvalue weighted by Crippen LogP contribution is 2.40. The lowest BCUT2D eigenvalue weighted by molar-refractivity contribution is 1.18. The Kier molecular flexibility index (Phi) is 1.83. The molecule has 3 aromatic heterocycles. The molecule has 2 nitrogen and oxygen atoms in total. The molecule has 0 unspecified atom stereocenters. The molecule has 0 aliphatic heterocycles. The molecule has 0 N–H and O–H groups in total. The number of aromatic nitrogens is 2. The van der Waals surface area contributed by atoms with Crippen LogP contribution in [0.5, 0.6) is 0 Å². The molecule has 0 radical (unpaired) electrons. The summed E-state index contributed by atoms with van der Waals surface area (Å²) >= 11 is 0.677.